The highest BCUT2D eigenvalue weighted by Gasteiger charge is 2.32. The van der Waals surface area contributed by atoms with Crippen molar-refractivity contribution in [3.63, 3.8) is 0 Å². The molecule has 124 valence electrons. The highest BCUT2D eigenvalue weighted by Crippen LogP contribution is 2.24. The summed E-state index contributed by atoms with van der Waals surface area (Å²) in [4.78, 5) is 2.54. The molecule has 7 heteroatoms. The van der Waals surface area contributed by atoms with Crippen LogP contribution in [0.2, 0.25) is 0 Å². The Kier molecular flexibility index (Phi) is 4.16. The van der Waals surface area contributed by atoms with Gasteiger partial charge in [-0.1, -0.05) is 17.7 Å². The van der Waals surface area contributed by atoms with E-state index in [-0.39, 0.29) is 0 Å². The zero-order valence-corrected chi connectivity index (χ0v) is 14.5. The van der Waals surface area contributed by atoms with Crippen molar-refractivity contribution in [3.05, 3.63) is 41.2 Å². The first kappa shape index (κ1) is 16.0. The van der Waals surface area contributed by atoms with Crippen LogP contribution in [-0.2, 0) is 10.0 Å². The standard InChI is InChI=1S/C16H22N4O2S/c1-12-4-6-15(7-5-12)19-8-10-20(11-9-19)23(21,22)16-13(2)17-18-14(16)3/h4-7H,8-11H2,1-3H3,(H,17,18). The van der Waals surface area contributed by atoms with E-state index in [4.69, 9.17) is 0 Å². The van der Waals surface area contributed by atoms with Crippen molar-refractivity contribution in [1.29, 1.82) is 0 Å². The van der Waals surface area contributed by atoms with Gasteiger partial charge >= 0.3 is 0 Å². The van der Waals surface area contributed by atoms with Crippen molar-refractivity contribution >= 4 is 15.7 Å². The first-order valence-electron chi connectivity index (χ1n) is 7.73. The lowest BCUT2D eigenvalue weighted by molar-refractivity contribution is 0.384. The van der Waals surface area contributed by atoms with Gasteiger partial charge in [0, 0.05) is 31.9 Å². The van der Waals surface area contributed by atoms with Crippen LogP contribution >= 0.6 is 0 Å². The fraction of sp³-hybridized carbons (Fsp3) is 0.438. The molecule has 0 spiro atoms. The number of H-pyrrole nitrogens is 1. The second-order valence-corrected chi connectivity index (χ2v) is 7.86. The molecule has 0 unspecified atom stereocenters. The molecule has 0 radical (unpaired) electrons. The monoisotopic (exact) mass is 334 g/mol. The van der Waals surface area contributed by atoms with E-state index < -0.39 is 10.0 Å². The number of sulfonamides is 1. The number of benzene rings is 1. The molecule has 1 aromatic carbocycles. The van der Waals surface area contributed by atoms with Gasteiger partial charge in [0.15, 0.2) is 0 Å². The van der Waals surface area contributed by atoms with Gasteiger partial charge < -0.3 is 4.90 Å². The fourth-order valence-corrected chi connectivity index (χ4v) is 4.75. The summed E-state index contributed by atoms with van der Waals surface area (Å²) in [5, 5.41) is 6.76. The van der Waals surface area contributed by atoms with E-state index in [9.17, 15) is 8.42 Å². The number of nitrogens with zero attached hydrogens (tertiary/aromatic N) is 3. The van der Waals surface area contributed by atoms with Crippen LogP contribution in [0.25, 0.3) is 0 Å². The molecule has 1 fully saturated rings. The van der Waals surface area contributed by atoms with Crippen LogP contribution in [-0.4, -0.2) is 49.1 Å². The summed E-state index contributed by atoms with van der Waals surface area (Å²) >= 11 is 0. The Morgan fingerprint density at radius 2 is 1.61 bits per heavy atom. The molecule has 0 amide bonds. The third-order valence-electron chi connectivity index (χ3n) is 4.30. The van der Waals surface area contributed by atoms with Crippen molar-refractivity contribution in [2.45, 2.75) is 25.7 Å². The van der Waals surface area contributed by atoms with Gasteiger partial charge in [0.2, 0.25) is 10.0 Å². The molecule has 1 aliphatic rings. The molecule has 23 heavy (non-hydrogen) atoms. The molecule has 3 rings (SSSR count). The first-order chi connectivity index (χ1) is 10.9. The lowest BCUT2D eigenvalue weighted by atomic mass is 10.2. The zero-order chi connectivity index (χ0) is 16.6. The Morgan fingerprint density at radius 1 is 1.00 bits per heavy atom. The van der Waals surface area contributed by atoms with Gasteiger partial charge in [-0.3, -0.25) is 5.10 Å². The fourth-order valence-electron chi connectivity index (χ4n) is 2.99. The molecule has 0 saturated carbocycles. The normalized spacial score (nSPS) is 16.7. The lowest BCUT2D eigenvalue weighted by Gasteiger charge is -2.35. The van der Waals surface area contributed by atoms with Gasteiger partial charge in [0.25, 0.3) is 0 Å². The number of aryl methyl sites for hydroxylation is 3. The number of aromatic nitrogens is 2. The van der Waals surface area contributed by atoms with Gasteiger partial charge in [-0.2, -0.15) is 9.40 Å². The Morgan fingerprint density at radius 3 is 2.13 bits per heavy atom. The van der Waals surface area contributed by atoms with E-state index in [2.05, 4.69) is 46.3 Å². The molecule has 0 atom stereocenters. The van der Waals surface area contributed by atoms with Crippen molar-refractivity contribution in [2.75, 3.05) is 31.1 Å². The summed E-state index contributed by atoms with van der Waals surface area (Å²) < 4.78 is 27.2. The molecular formula is C16H22N4O2S. The first-order valence-corrected chi connectivity index (χ1v) is 9.17. The molecule has 1 saturated heterocycles. The maximum atomic E-state index is 12.8. The van der Waals surface area contributed by atoms with Crippen LogP contribution in [0.4, 0.5) is 5.69 Å². The molecule has 1 aromatic heterocycles. The summed E-state index contributed by atoms with van der Waals surface area (Å²) in [6.45, 7) is 7.88. The molecular weight excluding hydrogens is 312 g/mol. The van der Waals surface area contributed by atoms with Crippen LogP contribution < -0.4 is 4.90 Å². The predicted molar refractivity (Wildman–Crippen MR) is 90.2 cm³/mol. The van der Waals surface area contributed by atoms with Crippen LogP contribution in [0, 0.1) is 20.8 Å². The minimum Gasteiger partial charge on any atom is -0.369 e. The number of anilines is 1. The maximum absolute atomic E-state index is 12.8. The van der Waals surface area contributed by atoms with Crippen LogP contribution in [0.15, 0.2) is 29.2 Å². The maximum Gasteiger partial charge on any atom is 0.246 e. The molecule has 2 aromatic rings. The number of hydrogen-bond donors (Lipinski definition) is 1. The van der Waals surface area contributed by atoms with E-state index in [1.54, 1.807) is 18.2 Å². The average molecular weight is 334 g/mol. The highest BCUT2D eigenvalue weighted by molar-refractivity contribution is 7.89. The van der Waals surface area contributed by atoms with Crippen molar-refractivity contribution in [2.24, 2.45) is 0 Å². The van der Waals surface area contributed by atoms with Gasteiger partial charge in [0.05, 0.1) is 11.4 Å². The number of hydrogen-bond acceptors (Lipinski definition) is 4. The summed E-state index contributed by atoms with van der Waals surface area (Å²) in [5.74, 6) is 0. The smallest absolute Gasteiger partial charge is 0.246 e. The van der Waals surface area contributed by atoms with Crippen LogP contribution in [0.3, 0.4) is 0 Å². The second-order valence-electron chi connectivity index (χ2n) is 5.99. The van der Waals surface area contributed by atoms with Crippen molar-refractivity contribution < 1.29 is 8.42 Å². The van der Waals surface area contributed by atoms with E-state index in [1.165, 1.54) is 5.56 Å². The Balaban J connectivity index is 1.75. The summed E-state index contributed by atoms with van der Waals surface area (Å²) in [5.41, 5.74) is 3.50. The van der Waals surface area contributed by atoms with E-state index >= 15 is 0 Å². The third-order valence-corrected chi connectivity index (χ3v) is 6.46. The zero-order valence-electron chi connectivity index (χ0n) is 13.7. The number of nitrogens with one attached hydrogen (secondary N) is 1. The molecule has 0 bridgehead atoms. The second kappa shape index (κ2) is 5.98. The Labute approximate surface area is 137 Å². The Hall–Kier alpha value is -1.86. The molecule has 1 aliphatic heterocycles. The largest absolute Gasteiger partial charge is 0.369 e. The Bertz CT molecular complexity index is 768. The quantitative estimate of drug-likeness (QED) is 0.930. The molecule has 0 aliphatic carbocycles. The molecule has 6 nitrogen and oxygen atoms in total. The summed E-state index contributed by atoms with van der Waals surface area (Å²) in [6, 6.07) is 8.33. The van der Waals surface area contributed by atoms with Gasteiger partial charge in [-0.05, 0) is 32.9 Å². The molecule has 1 N–H and O–H groups in total. The van der Waals surface area contributed by atoms with Gasteiger partial charge in [-0.15, -0.1) is 0 Å². The van der Waals surface area contributed by atoms with Gasteiger partial charge in [-0.25, -0.2) is 8.42 Å². The minimum atomic E-state index is -3.48. The number of rotatable bonds is 3. The van der Waals surface area contributed by atoms with Crippen molar-refractivity contribution in [3.8, 4) is 0 Å². The van der Waals surface area contributed by atoms with E-state index in [0.717, 1.165) is 5.69 Å². The van der Waals surface area contributed by atoms with Crippen LogP contribution in [0.1, 0.15) is 17.0 Å². The topological polar surface area (TPSA) is 69.3 Å². The predicted octanol–water partition coefficient (Wildman–Crippen LogP) is 1.85. The summed E-state index contributed by atoms with van der Waals surface area (Å²) in [7, 11) is -3.48. The van der Waals surface area contributed by atoms with Crippen molar-refractivity contribution in [1.82, 2.24) is 14.5 Å². The summed E-state index contributed by atoms with van der Waals surface area (Å²) in [6.07, 6.45) is 0. The molecule has 2 heterocycles. The SMILES string of the molecule is Cc1ccc(N2CCN(S(=O)(=O)c3c(C)n[nH]c3C)CC2)cc1. The third kappa shape index (κ3) is 2.98. The lowest BCUT2D eigenvalue weighted by Crippen LogP contribution is -2.48. The van der Waals surface area contributed by atoms with Gasteiger partial charge in [0.1, 0.15) is 4.90 Å². The number of aromatic amines is 1. The highest BCUT2D eigenvalue weighted by atomic mass is 32.2. The van der Waals surface area contributed by atoms with E-state index in [0.29, 0.717) is 42.5 Å². The number of piperazine rings is 1. The minimum absolute atomic E-state index is 0.321. The average Bonchev–Trinajstić information content (AvgIpc) is 2.88. The van der Waals surface area contributed by atoms with E-state index in [1.807, 2.05) is 0 Å². The van der Waals surface area contributed by atoms with Crippen LogP contribution in [0.5, 0.6) is 0 Å².